The highest BCUT2D eigenvalue weighted by Crippen LogP contribution is 2.26. The van der Waals surface area contributed by atoms with Gasteiger partial charge in [0.15, 0.2) is 17.9 Å². The molecule has 46 heavy (non-hydrogen) atoms. The molecule has 256 valence electrons. The number of halogens is 1. The second kappa shape index (κ2) is 16.3. The van der Waals surface area contributed by atoms with Crippen molar-refractivity contribution in [2.75, 3.05) is 78.0 Å². The number of nitrogens with zero attached hydrogens (tertiary/aromatic N) is 6. The predicted molar refractivity (Wildman–Crippen MR) is 178 cm³/mol. The predicted octanol–water partition coefficient (Wildman–Crippen LogP) is 2.98. The maximum atomic E-state index is 15.1. The van der Waals surface area contributed by atoms with Crippen LogP contribution in [0.25, 0.3) is 0 Å². The molecule has 0 radical (unpaired) electrons. The van der Waals surface area contributed by atoms with Gasteiger partial charge >= 0.3 is 0 Å². The largest absolute Gasteiger partial charge is 0.488 e. The summed E-state index contributed by atoms with van der Waals surface area (Å²) in [7, 11) is 4.14. The molecule has 0 spiro atoms. The van der Waals surface area contributed by atoms with Gasteiger partial charge in [-0.25, -0.2) is 19.4 Å². The summed E-state index contributed by atoms with van der Waals surface area (Å²) in [6.07, 6.45) is -0.275. The Kier molecular flexibility index (Phi) is 12.7. The fourth-order valence-corrected chi connectivity index (χ4v) is 5.87. The number of hydrogen-bond donors (Lipinski definition) is 1. The summed E-state index contributed by atoms with van der Waals surface area (Å²) in [5.74, 6) is 0.455. The number of rotatable bonds is 15. The van der Waals surface area contributed by atoms with Crippen molar-refractivity contribution in [1.29, 1.82) is 0 Å². The van der Waals surface area contributed by atoms with Crippen LogP contribution in [0.1, 0.15) is 45.9 Å². The first-order chi connectivity index (χ1) is 21.9. The van der Waals surface area contributed by atoms with Crippen LogP contribution in [0.2, 0.25) is 0 Å². The molecule has 1 atom stereocenters. The molecule has 1 aromatic heterocycles. The molecule has 2 aromatic rings. The number of hydrazine groups is 1. The third kappa shape index (κ3) is 10.1. The van der Waals surface area contributed by atoms with E-state index < -0.39 is 12.3 Å². The molecular weight excluding hydrogens is 589 g/mol. The van der Waals surface area contributed by atoms with Crippen molar-refractivity contribution < 1.29 is 23.4 Å². The molecule has 11 nitrogen and oxygen atoms in total. The van der Waals surface area contributed by atoms with Crippen LogP contribution in [0.3, 0.4) is 0 Å². The third-order valence-corrected chi connectivity index (χ3v) is 8.28. The number of piperazine rings is 1. The highest BCUT2D eigenvalue weighted by molar-refractivity contribution is 5.82. The molecule has 2 N–H and O–H groups in total. The van der Waals surface area contributed by atoms with Gasteiger partial charge in [0.05, 0.1) is 24.8 Å². The second-order valence-electron chi connectivity index (χ2n) is 13.2. The lowest BCUT2D eigenvalue weighted by molar-refractivity contribution is -0.160. The number of carbonyl (C=O) groups is 1. The smallest absolute Gasteiger partial charge is 0.240 e. The number of aromatic nitrogens is 1. The van der Waals surface area contributed by atoms with Gasteiger partial charge in [0, 0.05) is 72.6 Å². The van der Waals surface area contributed by atoms with Crippen LogP contribution in [0.5, 0.6) is 5.75 Å². The number of hydrogen-bond acceptors (Lipinski definition) is 10. The van der Waals surface area contributed by atoms with E-state index >= 15 is 4.39 Å². The Morgan fingerprint density at radius 2 is 1.65 bits per heavy atom. The van der Waals surface area contributed by atoms with E-state index in [1.165, 1.54) is 6.07 Å². The van der Waals surface area contributed by atoms with Crippen LogP contribution < -0.4 is 15.4 Å². The van der Waals surface area contributed by atoms with Gasteiger partial charge in [-0.2, -0.15) is 0 Å². The molecule has 4 rings (SSSR count). The Balaban J connectivity index is 1.43. The van der Waals surface area contributed by atoms with Gasteiger partial charge in [0.25, 0.3) is 0 Å². The number of benzene rings is 1. The number of carbonyl (C=O) groups excluding carboxylic acids is 1. The van der Waals surface area contributed by atoms with Gasteiger partial charge in [-0.15, -0.1) is 0 Å². The monoisotopic (exact) mass is 643 g/mol. The van der Waals surface area contributed by atoms with E-state index in [1.807, 2.05) is 63.8 Å². The molecule has 0 saturated carbocycles. The van der Waals surface area contributed by atoms with Gasteiger partial charge in [0.2, 0.25) is 5.91 Å². The van der Waals surface area contributed by atoms with Crippen molar-refractivity contribution in [3.8, 4) is 5.75 Å². The summed E-state index contributed by atoms with van der Waals surface area (Å²) in [4.78, 5) is 24.6. The topological polar surface area (TPSA) is 99.9 Å². The Hall–Kier alpha value is -2.87. The molecule has 0 aliphatic carbocycles. The molecule has 3 heterocycles. The van der Waals surface area contributed by atoms with Crippen LogP contribution in [-0.4, -0.2) is 128 Å². The van der Waals surface area contributed by atoms with Crippen molar-refractivity contribution >= 4 is 11.7 Å². The van der Waals surface area contributed by atoms with E-state index in [1.54, 1.807) is 11.0 Å². The highest BCUT2D eigenvalue weighted by Gasteiger charge is 2.36. The molecule has 2 saturated heterocycles. The summed E-state index contributed by atoms with van der Waals surface area (Å²) < 4.78 is 32.5. The lowest BCUT2D eigenvalue weighted by atomic mass is 10.0. The number of anilines is 1. The van der Waals surface area contributed by atoms with Gasteiger partial charge in [0.1, 0.15) is 11.4 Å². The van der Waals surface area contributed by atoms with Crippen LogP contribution in [0.15, 0.2) is 36.4 Å². The fourth-order valence-electron chi connectivity index (χ4n) is 5.87. The molecule has 1 amide bonds. The Bertz CT molecular complexity index is 1240. The Labute approximate surface area is 274 Å². The van der Waals surface area contributed by atoms with Crippen molar-refractivity contribution in [2.45, 2.75) is 71.6 Å². The minimum absolute atomic E-state index is 0.151. The quantitative estimate of drug-likeness (QED) is 0.292. The number of ether oxygens (including phenoxy) is 3. The number of pyridine rings is 1. The van der Waals surface area contributed by atoms with Gasteiger partial charge in [-0.3, -0.25) is 9.69 Å². The van der Waals surface area contributed by atoms with Crippen LogP contribution >= 0.6 is 0 Å². The van der Waals surface area contributed by atoms with Gasteiger partial charge in [-0.05, 0) is 70.9 Å². The lowest BCUT2D eigenvalue weighted by Crippen LogP contribution is -2.64. The fraction of sp³-hybridized carbons (Fsp3) is 0.647. The lowest BCUT2D eigenvalue weighted by Gasteiger charge is -2.49. The standard InChI is InChI=1S/C34H54FN7O4/c1-8-44-31(45-9-2)24-41(33(43)30(36)20-25-10-13-28(14-11-25)46-34(3,4)5)21-26-12-15-29(35)32(37-26)40-22-27(23-40)39-16-18-42(19-17-39)38(6)7/h10-15,27,30-31H,8-9,16-24,36H2,1-7H3/t30-/m0/s1. The molecule has 0 bridgehead atoms. The Morgan fingerprint density at radius 3 is 2.22 bits per heavy atom. The van der Waals surface area contributed by atoms with E-state index in [-0.39, 0.29) is 30.4 Å². The molecule has 2 aliphatic rings. The SMILES string of the molecule is CCOC(CN(Cc1ccc(F)c(N2CC(N3CCN(N(C)C)CC3)C2)n1)C(=O)[C@@H](N)Cc1ccc(OC(C)(C)C)cc1)OCC. The summed E-state index contributed by atoms with van der Waals surface area (Å²) in [5.41, 5.74) is 7.70. The normalized spacial score (nSPS) is 17.4. The summed E-state index contributed by atoms with van der Waals surface area (Å²) in [6.45, 7) is 16.3. The van der Waals surface area contributed by atoms with E-state index in [9.17, 15) is 4.79 Å². The van der Waals surface area contributed by atoms with E-state index in [2.05, 4.69) is 29.0 Å². The number of nitrogens with two attached hydrogens (primary N) is 1. The van der Waals surface area contributed by atoms with Crippen molar-refractivity contribution in [3.05, 3.63) is 53.5 Å². The first kappa shape index (κ1) is 36.0. The molecule has 2 fully saturated rings. The Morgan fingerprint density at radius 1 is 1.02 bits per heavy atom. The van der Waals surface area contributed by atoms with Crippen molar-refractivity contribution in [1.82, 2.24) is 24.8 Å². The average molecular weight is 644 g/mol. The summed E-state index contributed by atoms with van der Waals surface area (Å²) in [5, 5.41) is 4.47. The van der Waals surface area contributed by atoms with E-state index in [4.69, 9.17) is 24.9 Å². The van der Waals surface area contributed by atoms with Crippen LogP contribution in [0, 0.1) is 5.82 Å². The first-order valence-electron chi connectivity index (χ1n) is 16.5. The van der Waals surface area contributed by atoms with Crippen molar-refractivity contribution in [3.63, 3.8) is 0 Å². The average Bonchev–Trinajstić information content (AvgIpc) is 2.98. The van der Waals surface area contributed by atoms with Crippen molar-refractivity contribution in [2.24, 2.45) is 5.73 Å². The van der Waals surface area contributed by atoms with E-state index in [0.717, 1.165) is 50.6 Å². The highest BCUT2D eigenvalue weighted by atomic mass is 19.1. The maximum Gasteiger partial charge on any atom is 0.240 e. The summed E-state index contributed by atoms with van der Waals surface area (Å²) in [6, 6.07) is 10.3. The van der Waals surface area contributed by atoms with Gasteiger partial charge in [-0.1, -0.05) is 12.1 Å². The zero-order valence-corrected chi connectivity index (χ0v) is 28.7. The van der Waals surface area contributed by atoms with Crippen LogP contribution in [-0.2, 0) is 27.2 Å². The van der Waals surface area contributed by atoms with Gasteiger partial charge < -0.3 is 29.7 Å². The van der Waals surface area contributed by atoms with E-state index in [0.29, 0.717) is 37.2 Å². The second-order valence-corrected chi connectivity index (χ2v) is 13.2. The minimum atomic E-state index is -0.803. The third-order valence-electron chi connectivity index (χ3n) is 8.28. The zero-order valence-electron chi connectivity index (χ0n) is 28.7. The van der Waals surface area contributed by atoms with Crippen LogP contribution in [0.4, 0.5) is 10.2 Å². The first-order valence-corrected chi connectivity index (χ1v) is 16.5. The molecule has 0 unspecified atom stereocenters. The zero-order chi connectivity index (χ0) is 33.4. The molecule has 12 heteroatoms. The molecule has 2 aliphatic heterocycles. The molecular formula is C34H54FN7O4. The summed E-state index contributed by atoms with van der Waals surface area (Å²) >= 11 is 0. The minimum Gasteiger partial charge on any atom is -0.488 e. The molecule has 1 aromatic carbocycles. The maximum absolute atomic E-state index is 15.1. The number of amides is 1.